The molecular weight excluding hydrogens is 380 g/mol. The van der Waals surface area contributed by atoms with Crippen molar-refractivity contribution < 1.29 is 14.3 Å². The minimum atomic E-state index is -0.384. The molecular formula is C24H28N2O4. The Morgan fingerprint density at radius 2 is 1.80 bits per heavy atom. The number of nitrogens with zero attached hydrogens (tertiary/aromatic N) is 2. The molecule has 158 valence electrons. The van der Waals surface area contributed by atoms with Crippen LogP contribution in [0, 0.1) is 0 Å². The molecule has 0 amide bonds. The number of fused-ring (bicyclic) bond motifs is 1. The number of phenolic OH excluding ortho intramolecular Hbond substituents is 1. The van der Waals surface area contributed by atoms with Crippen molar-refractivity contribution in [3.63, 3.8) is 0 Å². The topological polar surface area (TPSA) is 66.2 Å². The second-order valence-electron chi connectivity index (χ2n) is 7.59. The summed E-state index contributed by atoms with van der Waals surface area (Å²) in [6.45, 7) is 8.89. The van der Waals surface area contributed by atoms with E-state index in [9.17, 15) is 9.90 Å². The van der Waals surface area contributed by atoms with Crippen LogP contribution in [-0.4, -0.2) is 42.8 Å². The Morgan fingerprint density at radius 1 is 1.03 bits per heavy atom. The maximum Gasteiger partial charge on any atom is 0.336 e. The molecule has 0 unspecified atom stereocenters. The van der Waals surface area contributed by atoms with Gasteiger partial charge < -0.3 is 19.2 Å². The van der Waals surface area contributed by atoms with Gasteiger partial charge in [0.2, 0.25) is 0 Å². The average Bonchev–Trinajstić information content (AvgIpc) is 2.74. The van der Waals surface area contributed by atoms with Gasteiger partial charge in [-0.15, -0.1) is 0 Å². The van der Waals surface area contributed by atoms with Gasteiger partial charge >= 0.3 is 5.63 Å². The first kappa shape index (κ1) is 20.3. The van der Waals surface area contributed by atoms with Gasteiger partial charge in [-0.2, -0.15) is 0 Å². The van der Waals surface area contributed by atoms with Crippen molar-refractivity contribution in [1.82, 2.24) is 4.90 Å². The van der Waals surface area contributed by atoms with E-state index in [0.29, 0.717) is 18.7 Å². The smallest absolute Gasteiger partial charge is 0.336 e. The van der Waals surface area contributed by atoms with Crippen LogP contribution in [0.1, 0.15) is 25.0 Å². The lowest BCUT2D eigenvalue weighted by Crippen LogP contribution is -2.46. The number of rotatable bonds is 6. The number of para-hydroxylation sites is 2. The third-order valence-electron chi connectivity index (χ3n) is 5.68. The molecule has 3 aromatic rings. The molecule has 2 heterocycles. The second kappa shape index (κ2) is 8.79. The van der Waals surface area contributed by atoms with Gasteiger partial charge in [-0.1, -0.05) is 19.1 Å². The first-order chi connectivity index (χ1) is 14.6. The Hall–Kier alpha value is -2.99. The van der Waals surface area contributed by atoms with Gasteiger partial charge in [0.1, 0.15) is 17.1 Å². The third kappa shape index (κ3) is 4.14. The molecule has 0 bridgehead atoms. The van der Waals surface area contributed by atoms with Gasteiger partial charge in [-0.3, -0.25) is 4.90 Å². The van der Waals surface area contributed by atoms with Gasteiger partial charge in [0.05, 0.1) is 12.3 Å². The second-order valence-corrected chi connectivity index (χ2v) is 7.59. The van der Waals surface area contributed by atoms with Crippen LogP contribution in [0.25, 0.3) is 11.0 Å². The summed E-state index contributed by atoms with van der Waals surface area (Å²) in [4.78, 5) is 16.8. The molecule has 4 rings (SSSR count). The van der Waals surface area contributed by atoms with E-state index < -0.39 is 0 Å². The minimum absolute atomic E-state index is 0.173. The fourth-order valence-corrected chi connectivity index (χ4v) is 4.10. The molecule has 0 spiro atoms. The summed E-state index contributed by atoms with van der Waals surface area (Å²) in [5, 5.41) is 11.0. The number of hydrogen-bond donors (Lipinski definition) is 1. The lowest BCUT2D eigenvalue weighted by molar-refractivity contribution is 0.249. The van der Waals surface area contributed by atoms with Gasteiger partial charge in [-0.25, -0.2) is 4.79 Å². The van der Waals surface area contributed by atoms with Crippen LogP contribution in [-0.2, 0) is 13.0 Å². The van der Waals surface area contributed by atoms with Crippen molar-refractivity contribution >= 4 is 16.7 Å². The zero-order valence-electron chi connectivity index (χ0n) is 17.6. The van der Waals surface area contributed by atoms with Gasteiger partial charge in [-0.05, 0) is 42.7 Å². The monoisotopic (exact) mass is 408 g/mol. The number of hydrogen-bond acceptors (Lipinski definition) is 6. The maximum absolute atomic E-state index is 12.1. The predicted molar refractivity (Wildman–Crippen MR) is 119 cm³/mol. The van der Waals surface area contributed by atoms with E-state index in [1.54, 1.807) is 12.1 Å². The van der Waals surface area contributed by atoms with Crippen molar-refractivity contribution in [3.8, 4) is 11.5 Å². The van der Waals surface area contributed by atoms with E-state index in [1.165, 1.54) is 0 Å². The zero-order chi connectivity index (χ0) is 21.1. The Labute approximate surface area is 176 Å². The summed E-state index contributed by atoms with van der Waals surface area (Å²) in [7, 11) is 0. The average molecular weight is 408 g/mol. The molecule has 0 radical (unpaired) electrons. The van der Waals surface area contributed by atoms with Gasteiger partial charge in [0.25, 0.3) is 0 Å². The number of ether oxygens (including phenoxy) is 1. The molecule has 0 saturated carbocycles. The van der Waals surface area contributed by atoms with Crippen molar-refractivity contribution in [2.75, 3.05) is 37.7 Å². The molecule has 0 atom stereocenters. The van der Waals surface area contributed by atoms with Crippen molar-refractivity contribution in [2.45, 2.75) is 26.8 Å². The van der Waals surface area contributed by atoms with Crippen LogP contribution in [0.5, 0.6) is 11.5 Å². The predicted octanol–water partition coefficient (Wildman–Crippen LogP) is 3.78. The SMILES string of the molecule is CCOc1ccccc1N1CCN(Cc2cc(=O)oc3cc(O)c(CC)cc23)CC1. The van der Waals surface area contributed by atoms with E-state index in [-0.39, 0.29) is 11.4 Å². The molecule has 6 nitrogen and oxygen atoms in total. The lowest BCUT2D eigenvalue weighted by atomic mass is 10.0. The molecule has 2 aromatic carbocycles. The highest BCUT2D eigenvalue weighted by atomic mass is 16.5. The standard InChI is InChI=1S/C24H28N2O4/c1-3-17-13-19-18(14-24(28)30-23(19)15-21(17)27)16-25-9-11-26(12-10-25)20-7-5-6-8-22(20)29-4-2/h5-8,13-15,27H,3-4,9-12,16H2,1-2H3. The highest BCUT2D eigenvalue weighted by Crippen LogP contribution is 2.30. The number of anilines is 1. The van der Waals surface area contributed by atoms with Crippen molar-refractivity contribution in [2.24, 2.45) is 0 Å². The number of aryl methyl sites for hydroxylation is 1. The van der Waals surface area contributed by atoms with E-state index in [1.807, 2.05) is 38.1 Å². The van der Waals surface area contributed by atoms with E-state index in [0.717, 1.165) is 60.5 Å². The number of aromatic hydroxyl groups is 1. The van der Waals surface area contributed by atoms with Crippen LogP contribution in [0.3, 0.4) is 0 Å². The molecule has 0 aliphatic carbocycles. The molecule has 1 aromatic heterocycles. The van der Waals surface area contributed by atoms with E-state index in [2.05, 4.69) is 15.9 Å². The summed E-state index contributed by atoms with van der Waals surface area (Å²) >= 11 is 0. The quantitative estimate of drug-likeness (QED) is 0.626. The first-order valence-electron chi connectivity index (χ1n) is 10.6. The number of piperazine rings is 1. The zero-order valence-corrected chi connectivity index (χ0v) is 17.6. The highest BCUT2D eigenvalue weighted by molar-refractivity contribution is 5.82. The van der Waals surface area contributed by atoms with Crippen LogP contribution in [0.15, 0.2) is 51.7 Å². The fourth-order valence-electron chi connectivity index (χ4n) is 4.10. The van der Waals surface area contributed by atoms with E-state index in [4.69, 9.17) is 9.15 Å². The van der Waals surface area contributed by atoms with Crippen molar-refractivity contribution in [3.05, 3.63) is 64.0 Å². The number of benzene rings is 2. The van der Waals surface area contributed by atoms with Crippen LogP contribution >= 0.6 is 0 Å². The Bertz CT molecular complexity index is 1080. The summed E-state index contributed by atoms with van der Waals surface area (Å²) < 4.78 is 11.1. The summed E-state index contributed by atoms with van der Waals surface area (Å²) in [6.07, 6.45) is 0.720. The summed E-state index contributed by atoms with van der Waals surface area (Å²) in [5.41, 5.74) is 2.99. The molecule has 1 fully saturated rings. The Balaban J connectivity index is 1.52. The van der Waals surface area contributed by atoms with Gasteiger partial charge in [0, 0.05) is 50.2 Å². The first-order valence-corrected chi connectivity index (χ1v) is 10.6. The van der Waals surface area contributed by atoms with E-state index >= 15 is 0 Å². The molecule has 6 heteroatoms. The molecule has 1 aliphatic rings. The fraction of sp³-hybridized carbons (Fsp3) is 0.375. The molecule has 30 heavy (non-hydrogen) atoms. The highest BCUT2D eigenvalue weighted by Gasteiger charge is 2.21. The molecule has 1 aliphatic heterocycles. The maximum atomic E-state index is 12.1. The largest absolute Gasteiger partial charge is 0.508 e. The van der Waals surface area contributed by atoms with Gasteiger partial charge in [0.15, 0.2) is 0 Å². The third-order valence-corrected chi connectivity index (χ3v) is 5.68. The normalized spacial score (nSPS) is 14.9. The summed E-state index contributed by atoms with van der Waals surface area (Å²) in [6, 6.07) is 13.2. The molecule has 1 saturated heterocycles. The van der Waals surface area contributed by atoms with Crippen LogP contribution in [0.4, 0.5) is 5.69 Å². The Kier molecular flexibility index (Phi) is 5.95. The number of phenols is 1. The summed E-state index contributed by atoms with van der Waals surface area (Å²) in [5.74, 6) is 1.10. The lowest BCUT2D eigenvalue weighted by Gasteiger charge is -2.36. The molecule has 1 N–H and O–H groups in total. The minimum Gasteiger partial charge on any atom is -0.508 e. The van der Waals surface area contributed by atoms with Crippen LogP contribution in [0.2, 0.25) is 0 Å². The Morgan fingerprint density at radius 3 is 2.53 bits per heavy atom. The van der Waals surface area contributed by atoms with Crippen LogP contribution < -0.4 is 15.3 Å². The van der Waals surface area contributed by atoms with Crippen molar-refractivity contribution in [1.29, 1.82) is 0 Å².